The molecule has 46 heavy (non-hydrogen) atoms. The van der Waals surface area contributed by atoms with Crippen LogP contribution in [0.25, 0.3) is 16.0 Å². The van der Waals surface area contributed by atoms with Crippen LogP contribution in [0.3, 0.4) is 0 Å². The number of amides is 1. The highest BCUT2D eigenvalue weighted by molar-refractivity contribution is 7.22. The maximum Gasteiger partial charge on any atom is 0.301 e. The summed E-state index contributed by atoms with van der Waals surface area (Å²) in [6.07, 6.45) is 0.676. The van der Waals surface area contributed by atoms with Crippen molar-refractivity contribution in [2.24, 2.45) is 0 Å². The highest BCUT2D eigenvalue weighted by Gasteiger charge is 2.48. The van der Waals surface area contributed by atoms with Crippen molar-refractivity contribution in [1.82, 2.24) is 4.98 Å². The quantitative estimate of drug-likeness (QED) is 0.103. The maximum absolute atomic E-state index is 13.8. The number of carbonyl (C=O) groups excluding carboxylic acids is 2. The molecule has 0 aliphatic carbocycles. The maximum atomic E-state index is 13.8. The average Bonchev–Trinajstić information content (AvgIpc) is 3.72. The van der Waals surface area contributed by atoms with Crippen LogP contribution in [0.2, 0.25) is 5.02 Å². The monoisotopic (exact) mass is 652 g/mol. The van der Waals surface area contributed by atoms with Gasteiger partial charge in [-0.05, 0) is 79.1 Å². The molecule has 1 saturated heterocycles. The summed E-state index contributed by atoms with van der Waals surface area (Å²) in [6.45, 7) is 4.52. The van der Waals surface area contributed by atoms with Gasteiger partial charge in [0.15, 0.2) is 16.6 Å². The fourth-order valence-corrected chi connectivity index (χ4v) is 7.15. The van der Waals surface area contributed by atoms with E-state index in [2.05, 4.69) is 0 Å². The molecule has 0 radical (unpaired) electrons. The van der Waals surface area contributed by atoms with Gasteiger partial charge in [-0.15, -0.1) is 0 Å². The van der Waals surface area contributed by atoms with Crippen LogP contribution >= 0.6 is 22.9 Å². The van der Waals surface area contributed by atoms with E-state index >= 15 is 0 Å². The second kappa shape index (κ2) is 12.2. The second-order valence-electron chi connectivity index (χ2n) is 11.1. The molecule has 7 rings (SSSR count). The van der Waals surface area contributed by atoms with E-state index in [1.54, 1.807) is 48.5 Å². The normalized spacial score (nSPS) is 18.5. The Morgan fingerprint density at radius 3 is 2.65 bits per heavy atom. The Balaban J connectivity index is 1.36. The number of nitrogens with zero attached hydrogens (tertiary/aromatic N) is 2. The number of rotatable bonds is 8. The lowest BCUT2D eigenvalue weighted by Gasteiger charge is -2.24. The number of halogens is 1. The minimum Gasteiger partial charge on any atom is -0.507 e. The van der Waals surface area contributed by atoms with Gasteiger partial charge in [0.05, 0.1) is 28.4 Å². The number of aliphatic hydroxyl groups is 1. The van der Waals surface area contributed by atoms with Gasteiger partial charge in [0, 0.05) is 17.0 Å². The molecule has 10 heteroatoms. The van der Waals surface area contributed by atoms with E-state index in [1.165, 1.54) is 16.2 Å². The van der Waals surface area contributed by atoms with E-state index in [1.807, 2.05) is 50.2 Å². The van der Waals surface area contributed by atoms with E-state index in [-0.39, 0.29) is 17.4 Å². The lowest BCUT2D eigenvalue weighted by Crippen LogP contribution is -2.29. The zero-order chi connectivity index (χ0) is 31.9. The van der Waals surface area contributed by atoms with Crippen LogP contribution < -0.4 is 19.1 Å². The third-order valence-corrected chi connectivity index (χ3v) is 9.23. The van der Waals surface area contributed by atoms with Crippen molar-refractivity contribution in [2.75, 3.05) is 11.5 Å². The number of benzene rings is 4. The second-order valence-corrected chi connectivity index (χ2v) is 12.6. The number of hydrogen-bond acceptors (Lipinski definition) is 8. The Kier molecular flexibility index (Phi) is 7.88. The molecule has 0 unspecified atom stereocenters. The van der Waals surface area contributed by atoms with Crippen LogP contribution in [-0.4, -0.2) is 34.5 Å². The Morgan fingerprint density at radius 1 is 1.02 bits per heavy atom. The Labute approximate surface area is 274 Å². The molecule has 0 bridgehead atoms. The van der Waals surface area contributed by atoms with Gasteiger partial charge in [0.1, 0.15) is 24.2 Å². The number of ether oxygens (including phenoxy) is 3. The fraction of sp³-hybridized carbons (Fsp3) is 0.194. The summed E-state index contributed by atoms with van der Waals surface area (Å²) in [7, 11) is 0. The highest BCUT2D eigenvalue weighted by atomic mass is 35.5. The average molecular weight is 653 g/mol. The molecule has 1 fully saturated rings. The SMILES string of the molecule is CCOc1cc([C@@H]2C(=C(O)c3ccc4c(c3)C[C@H](C)O4)C(=O)C(=O)N2c2nc3ccc(Cl)cc3s2)ccc1OCc1ccccc1. The topological polar surface area (TPSA) is 98.2 Å². The largest absolute Gasteiger partial charge is 0.507 e. The van der Waals surface area contributed by atoms with Crippen molar-refractivity contribution in [3.63, 3.8) is 0 Å². The molecule has 8 nitrogen and oxygen atoms in total. The molecule has 1 N–H and O–H groups in total. The number of hydrogen-bond donors (Lipinski definition) is 1. The molecule has 5 aromatic rings. The first kappa shape index (κ1) is 29.8. The first-order valence-corrected chi connectivity index (χ1v) is 16.1. The summed E-state index contributed by atoms with van der Waals surface area (Å²) in [5.74, 6) is -0.194. The zero-order valence-electron chi connectivity index (χ0n) is 25.0. The summed E-state index contributed by atoms with van der Waals surface area (Å²) in [4.78, 5) is 33.7. The number of ketones is 1. The third-order valence-electron chi connectivity index (χ3n) is 7.98. The first-order chi connectivity index (χ1) is 22.3. The standard InChI is InChI=1S/C36H29ClN2O6S/c1-3-43-29-17-22(9-14-28(29)44-19-21-7-5-4-6-8-21)32-31(33(40)23-10-13-27-24(16-23)15-20(2)45-27)34(41)35(42)39(32)36-38-26-12-11-25(37)18-30(26)46-36/h4-14,16-18,20,32,40H,3,15,19H2,1-2H3/t20-,32+/m0/s1. The minimum absolute atomic E-state index is 0.00475. The molecule has 1 amide bonds. The summed E-state index contributed by atoms with van der Waals surface area (Å²) < 4.78 is 18.7. The number of thiazole rings is 1. The predicted octanol–water partition coefficient (Wildman–Crippen LogP) is 7.88. The summed E-state index contributed by atoms with van der Waals surface area (Å²) in [6, 6.07) is 24.6. The molecule has 1 aromatic heterocycles. The smallest absolute Gasteiger partial charge is 0.301 e. The van der Waals surface area contributed by atoms with Crippen LogP contribution in [0.5, 0.6) is 17.2 Å². The van der Waals surface area contributed by atoms with Crippen molar-refractivity contribution in [3.8, 4) is 17.2 Å². The fourth-order valence-electron chi connectivity index (χ4n) is 5.88. The lowest BCUT2D eigenvalue weighted by atomic mass is 9.94. The van der Waals surface area contributed by atoms with Gasteiger partial charge >= 0.3 is 5.91 Å². The van der Waals surface area contributed by atoms with E-state index in [0.29, 0.717) is 57.9 Å². The third kappa shape index (κ3) is 5.46. The van der Waals surface area contributed by atoms with Crippen LogP contribution in [0.4, 0.5) is 5.13 Å². The molecule has 2 aliphatic heterocycles. The van der Waals surface area contributed by atoms with Crippen molar-refractivity contribution >= 4 is 55.7 Å². The van der Waals surface area contributed by atoms with Crippen LogP contribution in [-0.2, 0) is 22.6 Å². The number of aromatic nitrogens is 1. The zero-order valence-corrected chi connectivity index (χ0v) is 26.6. The van der Waals surface area contributed by atoms with Crippen molar-refractivity contribution < 1.29 is 28.9 Å². The van der Waals surface area contributed by atoms with Gasteiger partial charge in [0.2, 0.25) is 0 Å². The number of Topliss-reactive ketones (excluding diaryl/α,β-unsaturated/α-hetero) is 1. The molecule has 4 aromatic carbocycles. The number of carbonyl (C=O) groups is 2. The minimum atomic E-state index is -0.998. The molecule has 2 atom stereocenters. The molecule has 3 heterocycles. The van der Waals surface area contributed by atoms with Gasteiger partial charge in [-0.25, -0.2) is 4.98 Å². The van der Waals surface area contributed by atoms with E-state index in [0.717, 1.165) is 21.6 Å². The Hall–Kier alpha value is -4.86. The Bertz CT molecular complexity index is 2020. The molecule has 0 saturated carbocycles. The lowest BCUT2D eigenvalue weighted by molar-refractivity contribution is -0.132. The van der Waals surface area contributed by atoms with E-state index < -0.39 is 17.7 Å². The van der Waals surface area contributed by atoms with Gasteiger partial charge < -0.3 is 19.3 Å². The van der Waals surface area contributed by atoms with E-state index in [9.17, 15) is 14.7 Å². The first-order valence-electron chi connectivity index (χ1n) is 14.9. The summed E-state index contributed by atoms with van der Waals surface area (Å²) in [5, 5.41) is 12.6. The van der Waals surface area contributed by atoms with Gasteiger partial charge in [0.25, 0.3) is 5.78 Å². The molecular formula is C36H29ClN2O6S. The van der Waals surface area contributed by atoms with Crippen molar-refractivity contribution in [1.29, 1.82) is 0 Å². The number of anilines is 1. The summed E-state index contributed by atoms with van der Waals surface area (Å²) >= 11 is 7.48. The molecule has 232 valence electrons. The Morgan fingerprint density at radius 2 is 1.85 bits per heavy atom. The molecule has 2 aliphatic rings. The predicted molar refractivity (Wildman–Crippen MR) is 178 cm³/mol. The molecule has 0 spiro atoms. The number of aliphatic hydroxyl groups excluding tert-OH is 1. The van der Waals surface area contributed by atoms with Gasteiger partial charge in [-0.1, -0.05) is 59.3 Å². The highest BCUT2D eigenvalue weighted by Crippen LogP contribution is 2.46. The molecular weight excluding hydrogens is 624 g/mol. The van der Waals surface area contributed by atoms with E-state index in [4.69, 9.17) is 30.8 Å². The van der Waals surface area contributed by atoms with Gasteiger partial charge in [-0.3, -0.25) is 14.5 Å². The summed E-state index contributed by atoms with van der Waals surface area (Å²) in [5.41, 5.74) is 3.47. The van der Waals surface area contributed by atoms with Gasteiger partial charge in [-0.2, -0.15) is 0 Å². The van der Waals surface area contributed by atoms with Crippen molar-refractivity contribution in [3.05, 3.63) is 118 Å². The van der Waals surface area contributed by atoms with Crippen LogP contribution in [0.15, 0.2) is 90.5 Å². The van der Waals surface area contributed by atoms with Crippen molar-refractivity contribution in [2.45, 2.75) is 39.0 Å². The van der Waals surface area contributed by atoms with Crippen LogP contribution in [0.1, 0.15) is 42.1 Å². The number of fused-ring (bicyclic) bond motifs is 2. The van der Waals surface area contributed by atoms with Crippen LogP contribution in [0, 0.1) is 0 Å².